The van der Waals surface area contributed by atoms with Gasteiger partial charge < -0.3 is 19.5 Å². The van der Waals surface area contributed by atoms with E-state index in [4.69, 9.17) is 14.2 Å². The number of esters is 1. The topological polar surface area (TPSA) is 73.9 Å². The van der Waals surface area contributed by atoms with Gasteiger partial charge in [-0.25, -0.2) is 4.79 Å². The molecule has 0 saturated carbocycles. The number of benzene rings is 2. The number of ether oxygens (including phenoxy) is 3. The van der Waals surface area contributed by atoms with E-state index in [0.29, 0.717) is 18.0 Å². The summed E-state index contributed by atoms with van der Waals surface area (Å²) in [6, 6.07) is 14.8. The van der Waals surface area contributed by atoms with Crippen LogP contribution in [0.25, 0.3) is 6.08 Å². The number of amides is 1. The minimum Gasteiger partial charge on any atom is -0.454 e. The molecule has 2 aromatic rings. The van der Waals surface area contributed by atoms with E-state index in [2.05, 4.69) is 5.32 Å². The number of fused-ring (bicyclic) bond motifs is 1. The number of carbonyl (C=O) groups is 2. The molecule has 0 fully saturated rings. The molecule has 0 radical (unpaired) electrons. The summed E-state index contributed by atoms with van der Waals surface area (Å²) in [6.07, 6.45) is 2.92. The number of rotatable bonds is 6. The van der Waals surface area contributed by atoms with Crippen LogP contribution in [-0.4, -0.2) is 25.3 Å². The minimum absolute atomic E-state index is 0.206. The van der Waals surface area contributed by atoms with Crippen LogP contribution in [0.3, 0.4) is 0 Å². The fourth-order valence-corrected chi connectivity index (χ4v) is 2.22. The number of nitrogens with one attached hydrogen (secondary N) is 1. The smallest absolute Gasteiger partial charge is 0.331 e. The number of hydrogen-bond acceptors (Lipinski definition) is 5. The van der Waals surface area contributed by atoms with Crippen molar-refractivity contribution in [2.24, 2.45) is 0 Å². The molecular formula is C19H17NO5. The highest BCUT2D eigenvalue weighted by molar-refractivity contribution is 5.89. The van der Waals surface area contributed by atoms with E-state index < -0.39 is 5.97 Å². The SMILES string of the molecule is O=C(COC(=O)/C=C/c1ccccc1)NCc1ccc2c(c1)OCO2. The lowest BCUT2D eigenvalue weighted by Gasteiger charge is -2.06. The molecule has 1 amide bonds. The second kappa shape index (κ2) is 8.01. The number of carbonyl (C=O) groups excluding carboxylic acids is 2. The molecule has 1 aliphatic heterocycles. The van der Waals surface area contributed by atoms with Gasteiger partial charge in [0.25, 0.3) is 5.91 Å². The van der Waals surface area contributed by atoms with Gasteiger partial charge >= 0.3 is 5.97 Å². The van der Waals surface area contributed by atoms with Gasteiger partial charge in [-0.15, -0.1) is 0 Å². The van der Waals surface area contributed by atoms with E-state index in [9.17, 15) is 9.59 Å². The van der Waals surface area contributed by atoms with Gasteiger partial charge in [-0.3, -0.25) is 4.79 Å². The van der Waals surface area contributed by atoms with Crippen molar-refractivity contribution in [2.75, 3.05) is 13.4 Å². The Balaban J connectivity index is 1.40. The Morgan fingerprint density at radius 2 is 1.88 bits per heavy atom. The average molecular weight is 339 g/mol. The zero-order chi connectivity index (χ0) is 17.5. The molecule has 0 aromatic heterocycles. The predicted octanol–water partition coefficient (Wildman–Crippen LogP) is 2.29. The van der Waals surface area contributed by atoms with Crippen LogP contribution in [0.15, 0.2) is 54.6 Å². The van der Waals surface area contributed by atoms with Crippen LogP contribution in [0.5, 0.6) is 11.5 Å². The van der Waals surface area contributed by atoms with Gasteiger partial charge in [0.2, 0.25) is 6.79 Å². The van der Waals surface area contributed by atoms with Crippen molar-refractivity contribution in [3.8, 4) is 11.5 Å². The molecule has 0 unspecified atom stereocenters. The fourth-order valence-electron chi connectivity index (χ4n) is 2.22. The molecule has 25 heavy (non-hydrogen) atoms. The minimum atomic E-state index is -0.568. The van der Waals surface area contributed by atoms with Crippen molar-refractivity contribution < 1.29 is 23.8 Å². The first-order valence-electron chi connectivity index (χ1n) is 7.76. The highest BCUT2D eigenvalue weighted by Crippen LogP contribution is 2.32. The molecule has 2 aromatic carbocycles. The van der Waals surface area contributed by atoms with Gasteiger partial charge in [0.1, 0.15) is 0 Å². The average Bonchev–Trinajstić information content (AvgIpc) is 3.11. The van der Waals surface area contributed by atoms with Crippen molar-refractivity contribution in [1.29, 1.82) is 0 Å². The second-order valence-corrected chi connectivity index (χ2v) is 5.32. The summed E-state index contributed by atoms with van der Waals surface area (Å²) in [7, 11) is 0. The van der Waals surface area contributed by atoms with Crippen molar-refractivity contribution >= 4 is 18.0 Å². The summed E-state index contributed by atoms with van der Waals surface area (Å²) in [5, 5.41) is 2.68. The Morgan fingerprint density at radius 1 is 1.08 bits per heavy atom. The molecule has 3 rings (SSSR count). The molecule has 1 aliphatic rings. The highest BCUT2D eigenvalue weighted by Gasteiger charge is 2.13. The zero-order valence-electron chi connectivity index (χ0n) is 13.4. The first-order chi connectivity index (χ1) is 12.2. The third kappa shape index (κ3) is 4.84. The molecule has 6 nitrogen and oxygen atoms in total. The summed E-state index contributed by atoms with van der Waals surface area (Å²) in [5.41, 5.74) is 1.75. The standard InChI is InChI=1S/C19H17NO5/c21-18(12-23-19(22)9-7-14-4-2-1-3-5-14)20-11-15-6-8-16-17(10-15)25-13-24-16/h1-10H,11-13H2,(H,20,21)/b9-7+. The quantitative estimate of drug-likeness (QED) is 0.646. The summed E-state index contributed by atoms with van der Waals surface area (Å²) in [6.45, 7) is 0.187. The largest absolute Gasteiger partial charge is 0.454 e. The molecule has 6 heteroatoms. The lowest BCUT2D eigenvalue weighted by atomic mass is 10.2. The zero-order valence-corrected chi connectivity index (χ0v) is 13.4. The third-order valence-electron chi connectivity index (χ3n) is 3.48. The Bertz CT molecular complexity index is 786. The van der Waals surface area contributed by atoms with E-state index in [1.807, 2.05) is 36.4 Å². The number of hydrogen-bond donors (Lipinski definition) is 1. The first-order valence-corrected chi connectivity index (χ1v) is 7.76. The maximum absolute atomic E-state index is 11.8. The van der Waals surface area contributed by atoms with Crippen molar-refractivity contribution in [2.45, 2.75) is 6.54 Å². The van der Waals surface area contributed by atoms with Gasteiger partial charge in [0.05, 0.1) is 0 Å². The van der Waals surface area contributed by atoms with Crippen LogP contribution in [0.2, 0.25) is 0 Å². The van der Waals surface area contributed by atoms with Gasteiger partial charge in [-0.05, 0) is 29.3 Å². The van der Waals surface area contributed by atoms with Crippen molar-refractivity contribution in [3.63, 3.8) is 0 Å². The first kappa shape index (κ1) is 16.6. The van der Waals surface area contributed by atoms with Crippen LogP contribution in [-0.2, 0) is 20.9 Å². The van der Waals surface area contributed by atoms with Crippen LogP contribution in [0, 0.1) is 0 Å². The summed E-state index contributed by atoms with van der Waals surface area (Å²) in [5.74, 6) is 0.402. The summed E-state index contributed by atoms with van der Waals surface area (Å²) in [4.78, 5) is 23.4. The fraction of sp³-hybridized carbons (Fsp3) is 0.158. The highest BCUT2D eigenvalue weighted by atomic mass is 16.7. The van der Waals surface area contributed by atoms with Crippen molar-refractivity contribution in [1.82, 2.24) is 5.32 Å². The van der Waals surface area contributed by atoms with Gasteiger partial charge in [0, 0.05) is 12.6 Å². The third-order valence-corrected chi connectivity index (χ3v) is 3.48. The molecule has 0 bridgehead atoms. The monoisotopic (exact) mass is 339 g/mol. The van der Waals surface area contributed by atoms with Crippen LogP contribution in [0.1, 0.15) is 11.1 Å². The summed E-state index contributed by atoms with van der Waals surface area (Å²) < 4.78 is 15.4. The van der Waals surface area contributed by atoms with Gasteiger partial charge in [-0.2, -0.15) is 0 Å². The van der Waals surface area contributed by atoms with E-state index in [1.54, 1.807) is 18.2 Å². The Kier molecular flexibility index (Phi) is 5.31. The molecule has 0 spiro atoms. The maximum Gasteiger partial charge on any atom is 0.331 e. The van der Waals surface area contributed by atoms with Crippen LogP contribution in [0.4, 0.5) is 0 Å². The molecule has 0 aliphatic carbocycles. The molecule has 0 saturated heterocycles. The lowest BCUT2D eigenvalue weighted by Crippen LogP contribution is -2.28. The summed E-state index contributed by atoms with van der Waals surface area (Å²) >= 11 is 0. The molecule has 1 heterocycles. The van der Waals surface area contributed by atoms with E-state index in [0.717, 1.165) is 11.1 Å². The molecular weight excluding hydrogens is 322 g/mol. The van der Waals surface area contributed by atoms with E-state index in [-0.39, 0.29) is 19.3 Å². The Hall–Kier alpha value is -3.28. The molecule has 1 N–H and O–H groups in total. The van der Waals surface area contributed by atoms with Crippen molar-refractivity contribution in [3.05, 3.63) is 65.7 Å². The van der Waals surface area contributed by atoms with Crippen LogP contribution < -0.4 is 14.8 Å². The normalized spacial score (nSPS) is 12.2. The lowest BCUT2D eigenvalue weighted by molar-refractivity contribution is -0.143. The van der Waals surface area contributed by atoms with Gasteiger partial charge in [-0.1, -0.05) is 36.4 Å². The van der Waals surface area contributed by atoms with Gasteiger partial charge in [0.15, 0.2) is 18.1 Å². The van der Waals surface area contributed by atoms with Crippen LogP contribution >= 0.6 is 0 Å². The Labute approximate surface area is 145 Å². The second-order valence-electron chi connectivity index (χ2n) is 5.32. The maximum atomic E-state index is 11.8. The predicted molar refractivity (Wildman–Crippen MR) is 90.8 cm³/mol. The Morgan fingerprint density at radius 3 is 2.72 bits per heavy atom. The molecule has 0 atom stereocenters. The van der Waals surface area contributed by atoms with E-state index >= 15 is 0 Å². The van der Waals surface area contributed by atoms with E-state index in [1.165, 1.54) is 6.08 Å². The molecule has 128 valence electrons.